The summed E-state index contributed by atoms with van der Waals surface area (Å²) in [6, 6.07) is 10.4. The first-order valence-electron chi connectivity index (χ1n) is 11.2. The number of nitrogens with zero attached hydrogens (tertiary/aromatic N) is 3. The van der Waals surface area contributed by atoms with Crippen LogP contribution in [-0.2, 0) is 11.2 Å². The van der Waals surface area contributed by atoms with Gasteiger partial charge in [-0.25, -0.2) is 4.98 Å². The summed E-state index contributed by atoms with van der Waals surface area (Å²) in [6.45, 7) is 11.6. The monoisotopic (exact) mass is 428 g/mol. The highest BCUT2D eigenvalue weighted by atomic mass is 32.1. The summed E-state index contributed by atoms with van der Waals surface area (Å²) in [5, 5.41) is 4.20. The van der Waals surface area contributed by atoms with E-state index in [1.807, 2.05) is 6.07 Å². The topological polar surface area (TPSA) is 58.1 Å². The van der Waals surface area contributed by atoms with Gasteiger partial charge < -0.3 is 10.2 Å². The molecule has 1 fully saturated rings. The molecule has 2 aromatic rings. The van der Waals surface area contributed by atoms with Crippen LogP contribution in [0.2, 0.25) is 0 Å². The Bertz CT molecular complexity index is 791. The maximum Gasteiger partial charge on any atom is 0.220 e. The molecule has 1 aromatic heterocycles. The first kappa shape index (κ1) is 22.7. The Balaban J connectivity index is 1.38. The summed E-state index contributed by atoms with van der Waals surface area (Å²) in [6.07, 6.45) is 4.67. The zero-order valence-electron chi connectivity index (χ0n) is 18.9. The fraction of sp³-hybridized carbons (Fsp3) is 0.625. The predicted octanol–water partition coefficient (Wildman–Crippen LogP) is 4.92. The first-order valence-corrected chi connectivity index (χ1v) is 11.9. The van der Waals surface area contributed by atoms with Crippen LogP contribution in [0.5, 0.6) is 0 Å². The number of carbonyl (C=O) groups excluding carboxylic acids is 1. The third-order valence-corrected chi connectivity index (χ3v) is 6.44. The third-order valence-electron chi connectivity index (χ3n) is 5.63. The van der Waals surface area contributed by atoms with Crippen LogP contribution in [0.4, 0.5) is 5.13 Å². The van der Waals surface area contributed by atoms with Gasteiger partial charge in [-0.15, -0.1) is 0 Å². The number of carbonyl (C=O) groups is 1. The van der Waals surface area contributed by atoms with E-state index in [4.69, 9.17) is 4.98 Å². The molecule has 1 N–H and O–H groups in total. The number of benzene rings is 1. The standard InChI is InChI=1S/C24H36N4OS/c1-18(16-24(2,3)4)14-22(29)25-17-20-10-12-28(13-11-20)23-26-21(27-30-23)15-19-8-6-5-7-9-19/h5-9,18,20H,10-17H2,1-4H3,(H,25,29)/t18-/m1/s1. The second-order valence-electron chi connectivity index (χ2n) is 9.96. The molecule has 0 unspecified atom stereocenters. The molecule has 1 atom stereocenters. The Hall–Kier alpha value is -1.95. The van der Waals surface area contributed by atoms with E-state index >= 15 is 0 Å². The Morgan fingerprint density at radius 3 is 2.60 bits per heavy atom. The molecule has 1 amide bonds. The van der Waals surface area contributed by atoms with Crippen LogP contribution in [0.1, 0.15) is 64.8 Å². The highest BCUT2D eigenvalue weighted by Gasteiger charge is 2.23. The van der Waals surface area contributed by atoms with Crippen LogP contribution in [0, 0.1) is 17.3 Å². The number of hydrogen-bond acceptors (Lipinski definition) is 5. The van der Waals surface area contributed by atoms with E-state index < -0.39 is 0 Å². The maximum atomic E-state index is 12.3. The fourth-order valence-electron chi connectivity index (χ4n) is 4.32. The lowest BCUT2D eigenvalue weighted by molar-refractivity contribution is -0.122. The van der Waals surface area contributed by atoms with Gasteiger partial charge in [0.25, 0.3) is 0 Å². The molecular formula is C24H36N4OS. The Labute approximate surface area is 185 Å². The molecule has 1 aromatic carbocycles. The molecule has 1 aliphatic rings. The number of nitrogens with one attached hydrogen (secondary N) is 1. The van der Waals surface area contributed by atoms with Crippen molar-refractivity contribution in [2.45, 2.75) is 59.8 Å². The molecule has 5 nitrogen and oxygen atoms in total. The van der Waals surface area contributed by atoms with Crippen LogP contribution in [0.25, 0.3) is 0 Å². The van der Waals surface area contributed by atoms with Crippen molar-refractivity contribution in [3.05, 3.63) is 41.7 Å². The number of rotatable bonds is 8. The van der Waals surface area contributed by atoms with E-state index in [2.05, 4.69) is 66.6 Å². The minimum Gasteiger partial charge on any atom is -0.356 e. The Morgan fingerprint density at radius 2 is 1.93 bits per heavy atom. The average molecular weight is 429 g/mol. The molecule has 0 saturated carbocycles. The van der Waals surface area contributed by atoms with E-state index in [1.54, 1.807) is 0 Å². The fourth-order valence-corrected chi connectivity index (χ4v) is 5.05. The van der Waals surface area contributed by atoms with Crippen LogP contribution < -0.4 is 10.2 Å². The van der Waals surface area contributed by atoms with Gasteiger partial charge in [0.15, 0.2) is 0 Å². The summed E-state index contributed by atoms with van der Waals surface area (Å²) in [5.41, 5.74) is 1.52. The van der Waals surface area contributed by atoms with Gasteiger partial charge in [0.1, 0.15) is 5.82 Å². The quantitative estimate of drug-likeness (QED) is 0.648. The van der Waals surface area contributed by atoms with Crippen molar-refractivity contribution in [2.75, 3.05) is 24.5 Å². The van der Waals surface area contributed by atoms with Gasteiger partial charge in [-0.2, -0.15) is 4.37 Å². The lowest BCUT2D eigenvalue weighted by atomic mass is 9.84. The minimum absolute atomic E-state index is 0.198. The summed E-state index contributed by atoms with van der Waals surface area (Å²) in [5.74, 6) is 2.08. The maximum absolute atomic E-state index is 12.3. The molecule has 30 heavy (non-hydrogen) atoms. The predicted molar refractivity (Wildman–Crippen MR) is 125 cm³/mol. The smallest absolute Gasteiger partial charge is 0.220 e. The normalized spacial score (nSPS) is 16.5. The van der Waals surface area contributed by atoms with Gasteiger partial charge in [-0.3, -0.25) is 4.79 Å². The third kappa shape index (κ3) is 7.38. The molecular weight excluding hydrogens is 392 g/mol. The summed E-state index contributed by atoms with van der Waals surface area (Å²) >= 11 is 1.50. The number of hydrogen-bond donors (Lipinski definition) is 1. The second-order valence-corrected chi connectivity index (χ2v) is 10.7. The summed E-state index contributed by atoms with van der Waals surface area (Å²) < 4.78 is 4.55. The zero-order chi connectivity index (χ0) is 21.6. The summed E-state index contributed by atoms with van der Waals surface area (Å²) in [4.78, 5) is 19.4. The van der Waals surface area contributed by atoms with Gasteiger partial charge in [0.2, 0.25) is 11.0 Å². The summed E-state index contributed by atoms with van der Waals surface area (Å²) in [7, 11) is 0. The molecule has 1 saturated heterocycles. The van der Waals surface area contributed by atoms with E-state index in [0.717, 1.165) is 56.3 Å². The van der Waals surface area contributed by atoms with Gasteiger partial charge in [-0.1, -0.05) is 58.0 Å². The van der Waals surface area contributed by atoms with Crippen LogP contribution in [0.15, 0.2) is 30.3 Å². The number of aromatic nitrogens is 2. The molecule has 0 bridgehead atoms. The Kier molecular flexibility index (Phi) is 7.87. The van der Waals surface area contributed by atoms with Crippen molar-refractivity contribution in [3.63, 3.8) is 0 Å². The van der Waals surface area contributed by atoms with E-state index in [9.17, 15) is 4.79 Å². The number of piperidine rings is 1. The van der Waals surface area contributed by atoms with E-state index in [0.29, 0.717) is 18.3 Å². The lowest BCUT2D eigenvalue weighted by Gasteiger charge is -2.31. The van der Waals surface area contributed by atoms with Gasteiger partial charge >= 0.3 is 0 Å². The van der Waals surface area contributed by atoms with Gasteiger partial charge in [0.05, 0.1) is 0 Å². The molecule has 0 aliphatic carbocycles. The molecule has 6 heteroatoms. The van der Waals surface area contributed by atoms with Crippen LogP contribution in [-0.4, -0.2) is 34.9 Å². The van der Waals surface area contributed by atoms with Crippen molar-refractivity contribution >= 4 is 22.6 Å². The van der Waals surface area contributed by atoms with Crippen LogP contribution >= 0.6 is 11.5 Å². The Morgan fingerprint density at radius 1 is 1.23 bits per heavy atom. The highest BCUT2D eigenvalue weighted by Crippen LogP contribution is 2.27. The van der Waals surface area contributed by atoms with Crippen molar-refractivity contribution in [1.82, 2.24) is 14.7 Å². The zero-order valence-corrected chi connectivity index (χ0v) is 19.7. The van der Waals surface area contributed by atoms with Crippen molar-refractivity contribution in [3.8, 4) is 0 Å². The van der Waals surface area contributed by atoms with E-state index in [1.165, 1.54) is 17.1 Å². The van der Waals surface area contributed by atoms with Crippen LogP contribution in [0.3, 0.4) is 0 Å². The van der Waals surface area contributed by atoms with Crippen molar-refractivity contribution < 1.29 is 4.79 Å². The molecule has 3 rings (SSSR count). The minimum atomic E-state index is 0.198. The lowest BCUT2D eigenvalue weighted by Crippen LogP contribution is -2.39. The molecule has 2 heterocycles. The number of anilines is 1. The molecule has 1 aliphatic heterocycles. The van der Waals surface area contributed by atoms with Crippen molar-refractivity contribution in [1.29, 1.82) is 0 Å². The second kappa shape index (κ2) is 10.4. The largest absolute Gasteiger partial charge is 0.356 e. The number of amides is 1. The average Bonchev–Trinajstić information content (AvgIpc) is 3.14. The van der Waals surface area contributed by atoms with Gasteiger partial charge in [0, 0.05) is 44.0 Å². The van der Waals surface area contributed by atoms with E-state index in [-0.39, 0.29) is 11.3 Å². The SMILES string of the molecule is C[C@H](CC(=O)NCC1CCN(c2nc(Cc3ccccc3)ns2)CC1)CC(C)(C)C. The molecule has 0 spiro atoms. The van der Waals surface area contributed by atoms with Crippen molar-refractivity contribution in [2.24, 2.45) is 17.3 Å². The molecule has 164 valence electrons. The first-order chi connectivity index (χ1) is 14.3. The highest BCUT2D eigenvalue weighted by molar-refractivity contribution is 7.09. The van der Waals surface area contributed by atoms with Gasteiger partial charge in [-0.05, 0) is 42.1 Å². The molecule has 0 radical (unpaired) electrons.